The number of amides is 1. The van der Waals surface area contributed by atoms with Crippen LogP contribution in [0.15, 0.2) is 23.6 Å². The highest BCUT2D eigenvalue weighted by molar-refractivity contribution is 7.13. The van der Waals surface area contributed by atoms with E-state index in [1.165, 1.54) is 30.6 Å². The molecule has 1 N–H and O–H groups in total. The van der Waals surface area contributed by atoms with Crippen LogP contribution in [0.4, 0.5) is 5.13 Å². The van der Waals surface area contributed by atoms with Crippen molar-refractivity contribution in [2.24, 2.45) is 0 Å². The molecule has 2 heterocycles. The second-order valence-corrected chi connectivity index (χ2v) is 7.93. The van der Waals surface area contributed by atoms with Gasteiger partial charge < -0.3 is 4.74 Å². The van der Waals surface area contributed by atoms with E-state index in [1.54, 1.807) is 19.1 Å². The molecule has 1 unspecified atom stereocenters. The third kappa shape index (κ3) is 5.19. The van der Waals surface area contributed by atoms with Crippen molar-refractivity contribution >= 4 is 34.0 Å². The summed E-state index contributed by atoms with van der Waals surface area (Å²) in [4.78, 5) is 19.3. The fraction of sp³-hybridized carbons (Fsp3) is 0.474. The van der Waals surface area contributed by atoms with Crippen molar-refractivity contribution in [1.82, 2.24) is 9.88 Å². The van der Waals surface area contributed by atoms with Gasteiger partial charge in [0.05, 0.1) is 5.69 Å². The molecule has 2 aromatic rings. The number of piperidine rings is 1. The van der Waals surface area contributed by atoms with E-state index in [-0.39, 0.29) is 5.91 Å². The standard InChI is InChI=1S/C19H24ClN3O2S/c1-13-10-15(20)6-7-17(13)25-14(2)18(24)22-19-21-16(12-26-19)11-23-8-4-3-5-9-23/h6-7,10,12,14H,3-5,8-9,11H2,1-2H3,(H,21,22,24). The van der Waals surface area contributed by atoms with Gasteiger partial charge in [-0.3, -0.25) is 15.0 Å². The summed E-state index contributed by atoms with van der Waals surface area (Å²) in [5, 5.41) is 6.13. The van der Waals surface area contributed by atoms with E-state index in [0.717, 1.165) is 30.9 Å². The fourth-order valence-electron chi connectivity index (χ4n) is 2.98. The average molecular weight is 394 g/mol. The number of aromatic nitrogens is 1. The topological polar surface area (TPSA) is 54.5 Å². The number of nitrogens with one attached hydrogen (secondary N) is 1. The normalized spacial score (nSPS) is 16.3. The summed E-state index contributed by atoms with van der Waals surface area (Å²) in [7, 11) is 0. The van der Waals surface area contributed by atoms with E-state index >= 15 is 0 Å². The minimum atomic E-state index is -0.621. The molecule has 0 spiro atoms. The molecule has 1 aliphatic rings. The first-order chi connectivity index (χ1) is 12.5. The van der Waals surface area contributed by atoms with Gasteiger partial charge >= 0.3 is 0 Å². The highest BCUT2D eigenvalue weighted by atomic mass is 35.5. The van der Waals surface area contributed by atoms with Gasteiger partial charge in [-0.25, -0.2) is 4.98 Å². The molecular formula is C19H24ClN3O2S. The third-order valence-electron chi connectivity index (χ3n) is 4.43. The summed E-state index contributed by atoms with van der Waals surface area (Å²) in [6, 6.07) is 5.35. The Morgan fingerprint density at radius 3 is 2.88 bits per heavy atom. The second-order valence-electron chi connectivity index (χ2n) is 6.64. The Kier molecular flexibility index (Phi) is 6.51. The van der Waals surface area contributed by atoms with Crippen molar-refractivity contribution in [3.8, 4) is 5.75 Å². The van der Waals surface area contributed by atoms with E-state index in [2.05, 4.69) is 15.2 Å². The Balaban J connectivity index is 1.53. The Labute approximate surface area is 163 Å². The van der Waals surface area contributed by atoms with Crippen molar-refractivity contribution in [2.45, 2.75) is 45.8 Å². The van der Waals surface area contributed by atoms with Gasteiger partial charge in [0.2, 0.25) is 0 Å². The number of carbonyl (C=O) groups is 1. The number of hydrogen-bond acceptors (Lipinski definition) is 5. The number of carbonyl (C=O) groups excluding carboxylic acids is 1. The van der Waals surface area contributed by atoms with Gasteiger partial charge in [-0.15, -0.1) is 11.3 Å². The first kappa shape index (κ1) is 19.1. The SMILES string of the molecule is Cc1cc(Cl)ccc1OC(C)C(=O)Nc1nc(CN2CCCCC2)cs1. The monoisotopic (exact) mass is 393 g/mol. The number of thiazole rings is 1. The maximum Gasteiger partial charge on any atom is 0.266 e. The number of halogens is 1. The number of anilines is 1. The van der Waals surface area contributed by atoms with Gasteiger partial charge in [0, 0.05) is 16.9 Å². The van der Waals surface area contributed by atoms with Crippen LogP contribution in [0.1, 0.15) is 37.4 Å². The van der Waals surface area contributed by atoms with E-state index in [9.17, 15) is 4.79 Å². The zero-order valence-corrected chi connectivity index (χ0v) is 16.7. The van der Waals surface area contributed by atoms with Crippen LogP contribution in [0.3, 0.4) is 0 Å². The van der Waals surface area contributed by atoms with Crippen LogP contribution in [0.2, 0.25) is 5.02 Å². The molecule has 0 bridgehead atoms. The molecule has 7 heteroatoms. The molecule has 1 fully saturated rings. The van der Waals surface area contributed by atoms with Crippen LogP contribution in [0.25, 0.3) is 0 Å². The smallest absolute Gasteiger partial charge is 0.266 e. The van der Waals surface area contributed by atoms with Crippen molar-refractivity contribution in [2.75, 3.05) is 18.4 Å². The molecule has 0 aliphatic carbocycles. The fourth-order valence-corrected chi connectivity index (χ4v) is 3.91. The van der Waals surface area contributed by atoms with E-state index in [0.29, 0.717) is 15.9 Å². The highest BCUT2D eigenvalue weighted by Gasteiger charge is 2.18. The summed E-state index contributed by atoms with van der Waals surface area (Å²) >= 11 is 7.40. The first-order valence-corrected chi connectivity index (χ1v) is 10.2. The van der Waals surface area contributed by atoms with Crippen LogP contribution in [0.5, 0.6) is 5.75 Å². The van der Waals surface area contributed by atoms with Gasteiger partial charge in [-0.1, -0.05) is 18.0 Å². The van der Waals surface area contributed by atoms with E-state index in [4.69, 9.17) is 16.3 Å². The summed E-state index contributed by atoms with van der Waals surface area (Å²) in [6.07, 6.45) is 3.21. The molecule has 1 aromatic carbocycles. The van der Waals surface area contributed by atoms with Crippen LogP contribution in [-0.4, -0.2) is 35.0 Å². The van der Waals surface area contributed by atoms with Crippen molar-refractivity contribution in [3.63, 3.8) is 0 Å². The Hall–Kier alpha value is -1.63. The Morgan fingerprint density at radius 2 is 2.15 bits per heavy atom. The van der Waals surface area contributed by atoms with Crippen LogP contribution in [0, 0.1) is 6.92 Å². The predicted octanol–water partition coefficient (Wildman–Crippen LogP) is 4.50. The van der Waals surface area contributed by atoms with Crippen molar-refractivity contribution in [1.29, 1.82) is 0 Å². The Morgan fingerprint density at radius 1 is 1.38 bits per heavy atom. The molecule has 26 heavy (non-hydrogen) atoms. The van der Waals surface area contributed by atoms with Crippen molar-refractivity contribution in [3.05, 3.63) is 39.9 Å². The minimum absolute atomic E-state index is 0.210. The summed E-state index contributed by atoms with van der Waals surface area (Å²) in [5.74, 6) is 0.445. The third-order valence-corrected chi connectivity index (χ3v) is 5.47. The molecule has 1 aliphatic heterocycles. The largest absolute Gasteiger partial charge is 0.481 e. The highest BCUT2D eigenvalue weighted by Crippen LogP contribution is 2.24. The molecule has 5 nitrogen and oxygen atoms in total. The molecular weight excluding hydrogens is 370 g/mol. The van der Waals surface area contributed by atoms with E-state index < -0.39 is 6.10 Å². The quantitative estimate of drug-likeness (QED) is 0.785. The predicted molar refractivity (Wildman–Crippen MR) is 106 cm³/mol. The number of aryl methyl sites for hydroxylation is 1. The lowest BCUT2D eigenvalue weighted by molar-refractivity contribution is -0.122. The lowest BCUT2D eigenvalue weighted by atomic mass is 10.1. The molecule has 1 atom stereocenters. The van der Waals surface area contributed by atoms with Crippen LogP contribution >= 0.6 is 22.9 Å². The first-order valence-electron chi connectivity index (χ1n) is 8.91. The zero-order chi connectivity index (χ0) is 18.5. The molecule has 0 radical (unpaired) electrons. The van der Waals surface area contributed by atoms with Crippen LogP contribution < -0.4 is 10.1 Å². The van der Waals surface area contributed by atoms with E-state index in [1.807, 2.05) is 18.4 Å². The van der Waals surface area contributed by atoms with Gasteiger partial charge in [0.15, 0.2) is 11.2 Å². The molecule has 3 rings (SSSR count). The summed E-state index contributed by atoms with van der Waals surface area (Å²) in [6.45, 7) is 6.74. The number of rotatable bonds is 6. The minimum Gasteiger partial charge on any atom is -0.481 e. The molecule has 1 aromatic heterocycles. The summed E-state index contributed by atoms with van der Waals surface area (Å²) in [5.41, 5.74) is 1.91. The van der Waals surface area contributed by atoms with Crippen molar-refractivity contribution < 1.29 is 9.53 Å². The second kappa shape index (κ2) is 8.84. The number of nitrogens with zero attached hydrogens (tertiary/aromatic N) is 2. The number of benzene rings is 1. The Bertz CT molecular complexity index is 759. The molecule has 1 saturated heterocycles. The molecule has 1 amide bonds. The lowest BCUT2D eigenvalue weighted by Gasteiger charge is -2.25. The van der Waals surface area contributed by atoms with Gasteiger partial charge in [-0.2, -0.15) is 0 Å². The molecule has 0 saturated carbocycles. The average Bonchev–Trinajstić information content (AvgIpc) is 3.05. The maximum absolute atomic E-state index is 12.4. The zero-order valence-electron chi connectivity index (χ0n) is 15.1. The van der Waals surface area contributed by atoms with Crippen LogP contribution in [-0.2, 0) is 11.3 Å². The van der Waals surface area contributed by atoms with Gasteiger partial charge in [-0.05, 0) is 63.5 Å². The number of likely N-dealkylation sites (tertiary alicyclic amines) is 1. The summed E-state index contributed by atoms with van der Waals surface area (Å²) < 4.78 is 5.76. The van der Waals surface area contributed by atoms with Gasteiger partial charge in [0.25, 0.3) is 5.91 Å². The lowest BCUT2D eigenvalue weighted by Crippen LogP contribution is -2.30. The number of hydrogen-bond donors (Lipinski definition) is 1. The maximum atomic E-state index is 12.4. The molecule has 140 valence electrons. The number of ether oxygens (including phenoxy) is 1. The van der Waals surface area contributed by atoms with Gasteiger partial charge in [0.1, 0.15) is 5.75 Å².